The zero-order valence-electron chi connectivity index (χ0n) is 15.2. The minimum absolute atomic E-state index is 0.334. The highest BCUT2D eigenvalue weighted by Gasteiger charge is 2.18. The largest absolute Gasteiger partial charge is 0.454 e. The fourth-order valence-electron chi connectivity index (χ4n) is 3.17. The van der Waals surface area contributed by atoms with Gasteiger partial charge >= 0.3 is 0 Å². The summed E-state index contributed by atoms with van der Waals surface area (Å²) in [5, 5.41) is 3.52. The van der Waals surface area contributed by atoms with Crippen molar-refractivity contribution in [1.82, 2.24) is 10.3 Å². The highest BCUT2D eigenvalue weighted by Crippen LogP contribution is 2.36. The number of benzene rings is 1. The second kappa shape index (κ2) is 8.86. The van der Waals surface area contributed by atoms with Crippen molar-refractivity contribution in [2.45, 2.75) is 45.6 Å². The van der Waals surface area contributed by atoms with Gasteiger partial charge in [-0.15, -0.1) is 0 Å². The average molecular weight is 340 g/mol. The van der Waals surface area contributed by atoms with Gasteiger partial charge in [-0.25, -0.2) is 0 Å². The molecule has 0 fully saturated rings. The summed E-state index contributed by atoms with van der Waals surface area (Å²) < 4.78 is 11.0. The monoisotopic (exact) mass is 340 g/mol. The highest BCUT2D eigenvalue weighted by atomic mass is 16.7. The molecule has 25 heavy (non-hydrogen) atoms. The van der Waals surface area contributed by atoms with Crippen molar-refractivity contribution in [2.24, 2.45) is 5.92 Å². The average Bonchev–Trinajstić information content (AvgIpc) is 3.09. The van der Waals surface area contributed by atoms with E-state index in [-0.39, 0.29) is 0 Å². The third-order valence-corrected chi connectivity index (χ3v) is 4.66. The summed E-state index contributed by atoms with van der Waals surface area (Å²) in [5.74, 6) is 3.00. The Labute approximate surface area is 150 Å². The molecule has 2 aromatic rings. The lowest BCUT2D eigenvalue weighted by Crippen LogP contribution is -2.18. The predicted octanol–water partition coefficient (Wildman–Crippen LogP) is 4.51. The first kappa shape index (κ1) is 17.7. The van der Waals surface area contributed by atoms with E-state index in [1.807, 2.05) is 24.4 Å². The van der Waals surface area contributed by atoms with E-state index in [4.69, 9.17) is 9.47 Å². The molecule has 0 amide bonds. The number of rotatable bonds is 9. The maximum Gasteiger partial charge on any atom is 0.231 e. The molecule has 4 nitrogen and oxygen atoms in total. The lowest BCUT2D eigenvalue weighted by Gasteiger charge is -2.19. The number of ether oxygens (including phenoxy) is 2. The lowest BCUT2D eigenvalue weighted by molar-refractivity contribution is 0.174. The van der Waals surface area contributed by atoms with Crippen molar-refractivity contribution in [1.29, 1.82) is 0 Å². The Bertz CT molecular complexity index is 658. The van der Waals surface area contributed by atoms with E-state index in [2.05, 4.69) is 42.3 Å². The fraction of sp³-hybridized carbons (Fsp3) is 0.476. The van der Waals surface area contributed by atoms with Gasteiger partial charge in [0.05, 0.1) is 5.69 Å². The Morgan fingerprint density at radius 1 is 1.04 bits per heavy atom. The molecule has 3 rings (SSSR count). The van der Waals surface area contributed by atoms with Crippen molar-refractivity contribution >= 4 is 0 Å². The Morgan fingerprint density at radius 2 is 1.92 bits per heavy atom. The summed E-state index contributed by atoms with van der Waals surface area (Å²) >= 11 is 0. The molecule has 0 aliphatic carbocycles. The van der Waals surface area contributed by atoms with E-state index in [0.29, 0.717) is 12.7 Å². The first-order valence-electron chi connectivity index (χ1n) is 9.22. The number of pyridine rings is 1. The van der Waals surface area contributed by atoms with Gasteiger partial charge in [0.15, 0.2) is 11.5 Å². The zero-order chi connectivity index (χ0) is 17.5. The number of hydrogen-bond acceptors (Lipinski definition) is 4. The van der Waals surface area contributed by atoms with Crippen LogP contribution in [0.15, 0.2) is 42.6 Å². The fourth-order valence-corrected chi connectivity index (χ4v) is 3.17. The normalized spacial score (nSPS) is 14.0. The summed E-state index contributed by atoms with van der Waals surface area (Å²) in [5.41, 5.74) is 2.44. The highest BCUT2D eigenvalue weighted by molar-refractivity contribution is 5.45. The Balaban J connectivity index is 1.57. The molecule has 1 aromatic heterocycles. The molecule has 0 spiro atoms. The molecular formula is C21H28N2O2. The molecule has 1 aliphatic heterocycles. The van der Waals surface area contributed by atoms with Crippen LogP contribution in [0.5, 0.6) is 11.5 Å². The van der Waals surface area contributed by atoms with Gasteiger partial charge in [0.1, 0.15) is 0 Å². The Morgan fingerprint density at radius 3 is 2.72 bits per heavy atom. The first-order chi connectivity index (χ1) is 12.2. The Hall–Kier alpha value is -2.07. The topological polar surface area (TPSA) is 43.4 Å². The van der Waals surface area contributed by atoms with Crippen molar-refractivity contribution in [3.8, 4) is 11.5 Å². The molecule has 4 heteroatoms. The van der Waals surface area contributed by atoms with E-state index in [1.165, 1.54) is 18.4 Å². The third kappa shape index (κ3) is 5.20. The van der Waals surface area contributed by atoms with Crippen LogP contribution in [0.1, 0.15) is 50.3 Å². The van der Waals surface area contributed by atoms with Crippen LogP contribution in [0.25, 0.3) is 0 Å². The van der Waals surface area contributed by atoms with Gasteiger partial charge in [-0.2, -0.15) is 0 Å². The van der Waals surface area contributed by atoms with Gasteiger partial charge in [0, 0.05) is 12.7 Å². The van der Waals surface area contributed by atoms with Gasteiger partial charge in [0.2, 0.25) is 6.79 Å². The maximum atomic E-state index is 5.55. The van der Waals surface area contributed by atoms with Crippen molar-refractivity contribution in [3.63, 3.8) is 0 Å². The van der Waals surface area contributed by atoms with Gasteiger partial charge < -0.3 is 14.8 Å². The third-order valence-electron chi connectivity index (χ3n) is 4.66. The molecule has 0 saturated heterocycles. The van der Waals surface area contributed by atoms with Crippen molar-refractivity contribution in [3.05, 3.63) is 53.9 Å². The Kier molecular flexibility index (Phi) is 6.29. The summed E-state index contributed by atoms with van der Waals surface area (Å²) in [7, 11) is 0. The molecule has 1 atom stereocenters. The molecule has 0 unspecified atom stereocenters. The van der Waals surface area contributed by atoms with Crippen LogP contribution in [-0.2, 0) is 6.54 Å². The van der Waals surface area contributed by atoms with Crippen molar-refractivity contribution < 1.29 is 9.47 Å². The van der Waals surface area contributed by atoms with Crippen LogP contribution in [-0.4, -0.2) is 18.3 Å². The number of hydrogen-bond donors (Lipinski definition) is 1. The van der Waals surface area contributed by atoms with Crippen LogP contribution in [0, 0.1) is 5.92 Å². The van der Waals surface area contributed by atoms with E-state index in [0.717, 1.165) is 42.6 Å². The van der Waals surface area contributed by atoms with Gasteiger partial charge in [0.25, 0.3) is 0 Å². The summed E-state index contributed by atoms with van der Waals surface area (Å²) in [6.45, 7) is 6.71. The van der Waals surface area contributed by atoms with E-state index in [1.54, 1.807) is 0 Å². The predicted molar refractivity (Wildman–Crippen MR) is 99.9 cm³/mol. The van der Waals surface area contributed by atoms with Gasteiger partial charge in [-0.1, -0.05) is 32.4 Å². The molecule has 0 radical (unpaired) electrons. The van der Waals surface area contributed by atoms with Crippen LogP contribution in [0.2, 0.25) is 0 Å². The second-order valence-electron chi connectivity index (χ2n) is 7.07. The number of fused-ring (bicyclic) bond motifs is 1. The second-order valence-corrected chi connectivity index (χ2v) is 7.07. The summed E-state index contributed by atoms with van der Waals surface area (Å²) in [6.07, 6.45) is 5.39. The van der Waals surface area contributed by atoms with E-state index < -0.39 is 0 Å². The number of nitrogens with one attached hydrogen (secondary N) is 1. The number of nitrogens with zero attached hydrogens (tertiary/aromatic N) is 1. The molecule has 134 valence electrons. The van der Waals surface area contributed by atoms with Crippen LogP contribution in [0.4, 0.5) is 0 Å². The first-order valence-corrected chi connectivity index (χ1v) is 9.22. The number of aromatic nitrogens is 1. The van der Waals surface area contributed by atoms with Gasteiger partial charge in [-0.3, -0.25) is 4.98 Å². The van der Waals surface area contributed by atoms with Crippen molar-refractivity contribution in [2.75, 3.05) is 13.3 Å². The minimum Gasteiger partial charge on any atom is -0.454 e. The van der Waals surface area contributed by atoms with E-state index in [9.17, 15) is 0 Å². The SMILES string of the molecule is CC(C)CC[C@@H](CCNCc1ccccn1)c1ccc2c(c1)OCO2. The zero-order valence-corrected chi connectivity index (χ0v) is 15.2. The van der Waals surface area contributed by atoms with Crippen LogP contribution >= 0.6 is 0 Å². The molecule has 1 aliphatic rings. The van der Waals surface area contributed by atoms with Gasteiger partial charge in [-0.05, 0) is 61.1 Å². The molecular weight excluding hydrogens is 312 g/mol. The standard InChI is InChI=1S/C21H28N2O2/c1-16(2)6-7-17(10-12-22-14-19-5-3-4-11-23-19)18-8-9-20-21(13-18)25-15-24-20/h3-5,8-9,11,13,16-17,22H,6-7,10,12,14-15H2,1-2H3/t17-/m0/s1. The molecule has 2 heterocycles. The molecule has 0 saturated carbocycles. The lowest BCUT2D eigenvalue weighted by atomic mass is 9.88. The molecule has 1 aromatic carbocycles. The van der Waals surface area contributed by atoms with Crippen LogP contribution in [0.3, 0.4) is 0 Å². The molecule has 1 N–H and O–H groups in total. The van der Waals surface area contributed by atoms with Crippen LogP contribution < -0.4 is 14.8 Å². The maximum absolute atomic E-state index is 5.55. The smallest absolute Gasteiger partial charge is 0.231 e. The molecule has 0 bridgehead atoms. The quantitative estimate of drug-likeness (QED) is 0.682. The summed E-state index contributed by atoms with van der Waals surface area (Å²) in [4.78, 5) is 4.36. The minimum atomic E-state index is 0.334. The van der Waals surface area contributed by atoms with E-state index >= 15 is 0 Å². The summed E-state index contributed by atoms with van der Waals surface area (Å²) in [6, 6.07) is 12.4.